The molecule has 0 atom stereocenters. The van der Waals surface area contributed by atoms with Crippen LogP contribution in [0.25, 0.3) is 0 Å². The molecule has 0 bridgehead atoms. The summed E-state index contributed by atoms with van der Waals surface area (Å²) in [6, 6.07) is 3.18. The molecule has 100 valence electrons. The minimum atomic E-state index is -0.962. The third-order valence-corrected chi connectivity index (χ3v) is 2.52. The van der Waals surface area contributed by atoms with Gasteiger partial charge in [0.25, 0.3) is 0 Å². The lowest BCUT2D eigenvalue weighted by atomic mass is 9.93. The number of carboxylic acid groups (broad SMARTS) is 1. The molecule has 1 heterocycles. The second kappa shape index (κ2) is 5.82. The smallest absolute Gasteiger partial charge is 0.339 e. The summed E-state index contributed by atoms with van der Waals surface area (Å²) in [7, 11) is 4.04. The van der Waals surface area contributed by atoms with Gasteiger partial charge in [0.1, 0.15) is 11.4 Å². The summed E-state index contributed by atoms with van der Waals surface area (Å²) in [6.45, 7) is 5.84. The highest BCUT2D eigenvalue weighted by Crippen LogP contribution is 2.18. The molecule has 0 aliphatic carbocycles. The van der Waals surface area contributed by atoms with E-state index in [9.17, 15) is 4.79 Å². The number of carbonyl (C=O) groups is 1. The molecule has 0 saturated carbocycles. The van der Waals surface area contributed by atoms with Gasteiger partial charge in [-0.25, -0.2) is 9.78 Å². The van der Waals surface area contributed by atoms with Crippen molar-refractivity contribution in [1.82, 2.24) is 9.88 Å². The average molecular weight is 251 g/mol. The number of hydrogen-bond donors (Lipinski definition) is 2. The monoisotopic (exact) mass is 251 g/mol. The fraction of sp³-hybridized carbons (Fsp3) is 0.538. The van der Waals surface area contributed by atoms with Crippen LogP contribution in [-0.2, 0) is 0 Å². The quantitative estimate of drug-likeness (QED) is 0.806. The van der Waals surface area contributed by atoms with Crippen LogP contribution in [0.5, 0.6) is 0 Å². The van der Waals surface area contributed by atoms with Gasteiger partial charge in [-0.15, -0.1) is 0 Å². The molecule has 0 radical (unpaired) electrons. The van der Waals surface area contributed by atoms with Gasteiger partial charge >= 0.3 is 5.97 Å². The third kappa shape index (κ3) is 4.33. The summed E-state index contributed by atoms with van der Waals surface area (Å²) < 4.78 is 0. The van der Waals surface area contributed by atoms with Crippen LogP contribution in [-0.4, -0.2) is 48.1 Å². The van der Waals surface area contributed by atoms with Crippen molar-refractivity contribution in [2.24, 2.45) is 5.41 Å². The van der Waals surface area contributed by atoms with Crippen LogP contribution >= 0.6 is 0 Å². The lowest BCUT2D eigenvalue weighted by Gasteiger charge is -2.28. The first-order chi connectivity index (χ1) is 8.32. The maximum absolute atomic E-state index is 11.0. The molecule has 0 spiro atoms. The molecule has 0 saturated heterocycles. The molecule has 1 aromatic rings. The van der Waals surface area contributed by atoms with Crippen LogP contribution in [0.15, 0.2) is 18.3 Å². The first-order valence-corrected chi connectivity index (χ1v) is 5.89. The van der Waals surface area contributed by atoms with Gasteiger partial charge in [0.05, 0.1) is 0 Å². The van der Waals surface area contributed by atoms with E-state index in [2.05, 4.69) is 29.0 Å². The van der Waals surface area contributed by atoms with E-state index < -0.39 is 5.97 Å². The number of aromatic nitrogens is 1. The fourth-order valence-corrected chi connectivity index (χ4v) is 1.95. The Balaban J connectivity index is 2.71. The van der Waals surface area contributed by atoms with Crippen molar-refractivity contribution in [3.05, 3.63) is 23.9 Å². The number of pyridine rings is 1. The second-order valence-corrected chi connectivity index (χ2v) is 5.46. The Morgan fingerprint density at radius 3 is 2.72 bits per heavy atom. The fourth-order valence-electron chi connectivity index (χ4n) is 1.95. The van der Waals surface area contributed by atoms with Crippen molar-refractivity contribution in [3.8, 4) is 0 Å². The Labute approximate surface area is 108 Å². The first kappa shape index (κ1) is 14.4. The summed E-state index contributed by atoms with van der Waals surface area (Å²) in [5.74, 6) is -0.534. The Morgan fingerprint density at radius 2 is 2.17 bits per heavy atom. The van der Waals surface area contributed by atoms with E-state index in [4.69, 9.17) is 5.11 Å². The van der Waals surface area contributed by atoms with E-state index in [1.54, 1.807) is 18.3 Å². The average Bonchev–Trinajstić information content (AvgIpc) is 2.25. The molecule has 1 rings (SSSR count). The first-order valence-electron chi connectivity index (χ1n) is 5.89. The molecule has 0 fully saturated rings. The third-order valence-electron chi connectivity index (χ3n) is 2.52. The number of rotatable bonds is 6. The maximum Gasteiger partial charge on any atom is 0.339 e. The van der Waals surface area contributed by atoms with Gasteiger partial charge in [0, 0.05) is 19.3 Å². The second-order valence-electron chi connectivity index (χ2n) is 5.46. The molecule has 5 nitrogen and oxygen atoms in total. The topological polar surface area (TPSA) is 65.5 Å². The van der Waals surface area contributed by atoms with E-state index >= 15 is 0 Å². The SMILES string of the molecule is CN(C)CC(C)(C)CNc1ncccc1C(=O)O. The number of nitrogens with one attached hydrogen (secondary N) is 1. The summed E-state index contributed by atoms with van der Waals surface area (Å²) in [5, 5.41) is 12.2. The van der Waals surface area contributed by atoms with Crippen molar-refractivity contribution in [1.29, 1.82) is 0 Å². The van der Waals surface area contributed by atoms with Gasteiger partial charge in [-0.3, -0.25) is 0 Å². The lowest BCUT2D eigenvalue weighted by Crippen LogP contribution is -2.34. The zero-order chi connectivity index (χ0) is 13.8. The van der Waals surface area contributed by atoms with Gasteiger partial charge in [0.2, 0.25) is 0 Å². The van der Waals surface area contributed by atoms with Crippen molar-refractivity contribution in [2.45, 2.75) is 13.8 Å². The lowest BCUT2D eigenvalue weighted by molar-refractivity contribution is 0.0697. The van der Waals surface area contributed by atoms with E-state index in [1.165, 1.54) is 0 Å². The summed E-state index contributed by atoms with van der Waals surface area (Å²) in [4.78, 5) is 17.2. The number of carboxylic acids is 1. The van der Waals surface area contributed by atoms with E-state index in [0.29, 0.717) is 12.4 Å². The Morgan fingerprint density at radius 1 is 1.50 bits per heavy atom. The largest absolute Gasteiger partial charge is 0.478 e. The zero-order valence-corrected chi connectivity index (χ0v) is 11.4. The predicted molar refractivity (Wildman–Crippen MR) is 72.0 cm³/mol. The van der Waals surface area contributed by atoms with E-state index in [0.717, 1.165) is 6.54 Å². The summed E-state index contributed by atoms with van der Waals surface area (Å²) in [5.41, 5.74) is 0.245. The predicted octanol–water partition coefficient (Wildman–Crippen LogP) is 1.78. The van der Waals surface area contributed by atoms with Gasteiger partial charge in [-0.05, 0) is 31.6 Å². The van der Waals surface area contributed by atoms with E-state index in [1.807, 2.05) is 14.1 Å². The van der Waals surface area contributed by atoms with Gasteiger partial charge in [-0.2, -0.15) is 0 Å². The van der Waals surface area contributed by atoms with Crippen LogP contribution in [0.1, 0.15) is 24.2 Å². The maximum atomic E-state index is 11.0. The van der Waals surface area contributed by atoms with Crippen LogP contribution < -0.4 is 5.32 Å². The highest BCUT2D eigenvalue weighted by atomic mass is 16.4. The van der Waals surface area contributed by atoms with Crippen LogP contribution in [0, 0.1) is 5.41 Å². The minimum absolute atomic E-state index is 0.0385. The Kier molecular flexibility index (Phi) is 4.67. The zero-order valence-electron chi connectivity index (χ0n) is 11.4. The van der Waals surface area contributed by atoms with Gasteiger partial charge in [0.15, 0.2) is 0 Å². The van der Waals surface area contributed by atoms with Crippen molar-refractivity contribution in [3.63, 3.8) is 0 Å². The number of hydrogen-bond acceptors (Lipinski definition) is 4. The van der Waals surface area contributed by atoms with E-state index in [-0.39, 0.29) is 11.0 Å². The van der Waals surface area contributed by atoms with Crippen LogP contribution in [0.2, 0.25) is 0 Å². The molecule has 5 heteroatoms. The number of nitrogens with zero attached hydrogens (tertiary/aromatic N) is 2. The Bertz CT molecular complexity index is 416. The van der Waals surface area contributed by atoms with Crippen molar-refractivity contribution in [2.75, 3.05) is 32.5 Å². The van der Waals surface area contributed by atoms with Gasteiger partial charge < -0.3 is 15.3 Å². The highest BCUT2D eigenvalue weighted by Gasteiger charge is 2.20. The number of aromatic carboxylic acids is 1. The standard InChI is InChI=1S/C13H21N3O2/c1-13(2,9-16(3)4)8-15-11-10(12(17)18)6-5-7-14-11/h5-7H,8-9H2,1-4H3,(H,14,15)(H,17,18). The summed E-state index contributed by atoms with van der Waals surface area (Å²) in [6.07, 6.45) is 1.59. The molecule has 2 N–H and O–H groups in total. The number of anilines is 1. The van der Waals surface area contributed by atoms with Gasteiger partial charge in [-0.1, -0.05) is 13.8 Å². The molecule has 0 unspecified atom stereocenters. The molecule has 0 amide bonds. The minimum Gasteiger partial charge on any atom is -0.478 e. The van der Waals surface area contributed by atoms with Crippen LogP contribution in [0.4, 0.5) is 5.82 Å². The summed E-state index contributed by atoms with van der Waals surface area (Å²) >= 11 is 0. The Hall–Kier alpha value is -1.62. The van der Waals surface area contributed by atoms with Crippen molar-refractivity contribution >= 4 is 11.8 Å². The molecule has 0 aliphatic heterocycles. The van der Waals surface area contributed by atoms with Crippen LogP contribution in [0.3, 0.4) is 0 Å². The normalized spacial score (nSPS) is 11.6. The molecular formula is C13H21N3O2. The molecular weight excluding hydrogens is 230 g/mol. The van der Waals surface area contributed by atoms with Crippen molar-refractivity contribution < 1.29 is 9.90 Å². The highest BCUT2D eigenvalue weighted by molar-refractivity contribution is 5.92. The molecule has 0 aliphatic rings. The molecule has 1 aromatic heterocycles. The molecule has 0 aromatic carbocycles. The molecule has 18 heavy (non-hydrogen) atoms.